The van der Waals surface area contributed by atoms with Crippen molar-refractivity contribution in [2.75, 3.05) is 0 Å². The molecule has 1 aliphatic rings. The first-order valence-corrected chi connectivity index (χ1v) is 6.02. The molecule has 0 amide bonds. The molecule has 1 aliphatic carbocycles. The molecule has 0 spiro atoms. The third-order valence-electron chi connectivity index (χ3n) is 3.29. The van der Waals surface area contributed by atoms with E-state index in [-0.39, 0.29) is 0 Å². The summed E-state index contributed by atoms with van der Waals surface area (Å²) in [4.78, 5) is 7.05. The van der Waals surface area contributed by atoms with Crippen LogP contribution in [0.25, 0.3) is 11.2 Å². The largest absolute Gasteiger partial charge is 0.329 e. The van der Waals surface area contributed by atoms with E-state index in [9.17, 15) is 0 Å². The summed E-state index contributed by atoms with van der Waals surface area (Å²) in [5, 5.41) is 8.17. The van der Waals surface area contributed by atoms with Crippen molar-refractivity contribution in [1.82, 2.24) is 25.0 Å². The maximum absolute atomic E-state index is 5.09. The van der Waals surface area contributed by atoms with Gasteiger partial charge in [0, 0.05) is 6.54 Å². The van der Waals surface area contributed by atoms with Gasteiger partial charge in [-0.1, -0.05) is 36.7 Å². The van der Waals surface area contributed by atoms with Gasteiger partial charge in [0.1, 0.15) is 0 Å². The fourth-order valence-electron chi connectivity index (χ4n) is 2.06. The molecular weight excluding hydrogens is 222 g/mol. The van der Waals surface area contributed by atoms with Gasteiger partial charge in [0.25, 0.3) is 0 Å². The fraction of sp³-hybridized carbons (Fsp3) is 0.600. The maximum Gasteiger partial charge on any atom is 0.166 e. The van der Waals surface area contributed by atoms with Crippen LogP contribution >= 0.6 is 12.2 Å². The van der Waals surface area contributed by atoms with Crippen molar-refractivity contribution >= 4 is 23.4 Å². The van der Waals surface area contributed by atoms with Crippen LogP contribution in [0, 0.1) is 10.6 Å². The maximum atomic E-state index is 5.09. The number of aromatic nitrogens is 5. The molecule has 3 rings (SSSR count). The van der Waals surface area contributed by atoms with Crippen LogP contribution in [0.2, 0.25) is 0 Å². The molecule has 16 heavy (non-hydrogen) atoms. The molecule has 0 unspecified atom stereocenters. The van der Waals surface area contributed by atoms with Crippen molar-refractivity contribution in [2.45, 2.75) is 32.2 Å². The summed E-state index contributed by atoms with van der Waals surface area (Å²) in [5.41, 5.74) is 1.59. The summed E-state index contributed by atoms with van der Waals surface area (Å²) < 4.78 is 2.41. The van der Waals surface area contributed by atoms with E-state index in [2.05, 4.69) is 20.3 Å². The van der Waals surface area contributed by atoms with E-state index in [1.165, 1.54) is 25.7 Å². The summed E-state index contributed by atoms with van der Waals surface area (Å²) in [6.45, 7) is 0.913. The molecule has 0 atom stereocenters. The Bertz CT molecular complexity index is 554. The standard InChI is InChI=1S/C10H13N5S/c16-10-8-9(11-6-12-10)15(14-13-8)5-4-7-2-1-3-7/h6-7H,1-5H2,(H,11,12,16). The van der Waals surface area contributed by atoms with E-state index in [0.29, 0.717) is 10.2 Å². The quantitative estimate of drug-likeness (QED) is 0.827. The topological polar surface area (TPSA) is 59.4 Å². The van der Waals surface area contributed by atoms with Gasteiger partial charge >= 0.3 is 0 Å². The summed E-state index contributed by atoms with van der Waals surface area (Å²) in [5.74, 6) is 0.879. The Kier molecular flexibility index (Phi) is 2.43. The normalized spacial score (nSPS) is 16.5. The van der Waals surface area contributed by atoms with Crippen molar-refractivity contribution in [3.63, 3.8) is 0 Å². The third kappa shape index (κ3) is 1.63. The van der Waals surface area contributed by atoms with E-state index < -0.39 is 0 Å². The van der Waals surface area contributed by atoms with Crippen LogP contribution in [0.15, 0.2) is 6.33 Å². The van der Waals surface area contributed by atoms with Gasteiger partial charge in [0.15, 0.2) is 15.8 Å². The molecule has 1 fully saturated rings. The predicted molar refractivity (Wildman–Crippen MR) is 62.5 cm³/mol. The highest BCUT2D eigenvalue weighted by molar-refractivity contribution is 7.71. The monoisotopic (exact) mass is 235 g/mol. The van der Waals surface area contributed by atoms with Crippen LogP contribution in [-0.2, 0) is 6.54 Å². The molecule has 2 aromatic rings. The minimum absolute atomic E-state index is 0.517. The molecule has 1 saturated carbocycles. The molecule has 5 nitrogen and oxygen atoms in total. The zero-order valence-corrected chi connectivity index (χ0v) is 9.70. The summed E-state index contributed by atoms with van der Waals surface area (Å²) in [7, 11) is 0. The molecule has 0 aromatic carbocycles. The Hall–Kier alpha value is -1.30. The first kappa shape index (κ1) is 9.89. The summed E-state index contributed by atoms with van der Waals surface area (Å²) >= 11 is 5.09. The van der Waals surface area contributed by atoms with Gasteiger partial charge in [-0.05, 0) is 12.3 Å². The van der Waals surface area contributed by atoms with E-state index >= 15 is 0 Å². The average molecular weight is 235 g/mol. The second-order valence-corrected chi connectivity index (χ2v) is 4.69. The van der Waals surface area contributed by atoms with Crippen molar-refractivity contribution in [2.24, 2.45) is 5.92 Å². The van der Waals surface area contributed by atoms with Crippen molar-refractivity contribution in [3.05, 3.63) is 11.0 Å². The highest BCUT2D eigenvalue weighted by Crippen LogP contribution is 2.29. The van der Waals surface area contributed by atoms with Crippen LogP contribution < -0.4 is 0 Å². The Morgan fingerprint density at radius 2 is 2.38 bits per heavy atom. The molecule has 0 radical (unpaired) electrons. The number of rotatable bonds is 3. The Balaban J connectivity index is 1.86. The zero-order valence-electron chi connectivity index (χ0n) is 8.89. The summed E-state index contributed by atoms with van der Waals surface area (Å²) in [6.07, 6.45) is 6.90. The molecule has 0 saturated heterocycles. The third-order valence-corrected chi connectivity index (χ3v) is 3.59. The van der Waals surface area contributed by atoms with Gasteiger partial charge in [-0.25, -0.2) is 9.67 Å². The van der Waals surface area contributed by atoms with Crippen LogP contribution in [-0.4, -0.2) is 25.0 Å². The van der Waals surface area contributed by atoms with Crippen LogP contribution in [0.4, 0.5) is 0 Å². The van der Waals surface area contributed by atoms with Crippen LogP contribution in [0.1, 0.15) is 25.7 Å². The lowest BCUT2D eigenvalue weighted by molar-refractivity contribution is 0.278. The Morgan fingerprint density at radius 3 is 3.12 bits per heavy atom. The number of fused-ring (bicyclic) bond motifs is 1. The van der Waals surface area contributed by atoms with Gasteiger partial charge in [-0.3, -0.25) is 0 Å². The number of aromatic amines is 1. The number of nitrogens with one attached hydrogen (secondary N) is 1. The minimum atomic E-state index is 0.517. The lowest BCUT2D eigenvalue weighted by Crippen LogP contribution is -2.14. The smallest absolute Gasteiger partial charge is 0.166 e. The van der Waals surface area contributed by atoms with Gasteiger partial charge in [-0.15, -0.1) is 5.10 Å². The average Bonchev–Trinajstić information content (AvgIpc) is 2.61. The number of nitrogens with zero attached hydrogens (tertiary/aromatic N) is 4. The van der Waals surface area contributed by atoms with E-state index in [0.717, 1.165) is 18.1 Å². The Morgan fingerprint density at radius 1 is 1.50 bits per heavy atom. The van der Waals surface area contributed by atoms with E-state index in [4.69, 9.17) is 12.2 Å². The highest BCUT2D eigenvalue weighted by Gasteiger charge is 2.17. The lowest BCUT2D eigenvalue weighted by Gasteiger charge is -2.24. The molecular formula is C10H13N5S. The fourth-order valence-corrected chi connectivity index (χ4v) is 2.25. The first-order chi connectivity index (χ1) is 7.84. The first-order valence-electron chi connectivity index (χ1n) is 5.61. The lowest BCUT2D eigenvalue weighted by atomic mass is 9.83. The number of hydrogen-bond acceptors (Lipinski definition) is 4. The number of aryl methyl sites for hydroxylation is 1. The molecule has 1 N–H and O–H groups in total. The second kappa shape index (κ2) is 3.93. The van der Waals surface area contributed by atoms with Crippen molar-refractivity contribution < 1.29 is 0 Å². The minimum Gasteiger partial charge on any atom is -0.329 e. The van der Waals surface area contributed by atoms with Crippen molar-refractivity contribution in [1.29, 1.82) is 0 Å². The van der Waals surface area contributed by atoms with Crippen molar-refractivity contribution in [3.8, 4) is 0 Å². The zero-order chi connectivity index (χ0) is 11.0. The predicted octanol–water partition coefficient (Wildman–Crippen LogP) is 2.07. The Labute approximate surface area is 97.9 Å². The van der Waals surface area contributed by atoms with Gasteiger partial charge in [-0.2, -0.15) is 0 Å². The van der Waals surface area contributed by atoms with E-state index in [1.807, 2.05) is 4.68 Å². The molecule has 2 heterocycles. The van der Waals surface area contributed by atoms with Gasteiger partial charge in [0.2, 0.25) is 0 Å². The SMILES string of the molecule is S=c1nc[nH]c2c1nnn2CCC1CCC1. The molecule has 0 aliphatic heterocycles. The number of hydrogen-bond donors (Lipinski definition) is 1. The molecule has 84 valence electrons. The second-order valence-electron chi connectivity index (χ2n) is 4.30. The summed E-state index contributed by atoms with van der Waals surface area (Å²) in [6, 6.07) is 0. The van der Waals surface area contributed by atoms with Gasteiger partial charge < -0.3 is 4.98 Å². The van der Waals surface area contributed by atoms with E-state index in [1.54, 1.807) is 6.33 Å². The van der Waals surface area contributed by atoms with Crippen LogP contribution in [0.3, 0.4) is 0 Å². The van der Waals surface area contributed by atoms with Crippen LogP contribution in [0.5, 0.6) is 0 Å². The molecule has 0 bridgehead atoms. The molecule has 2 aromatic heterocycles. The number of H-pyrrole nitrogens is 1. The molecule has 6 heteroatoms. The van der Waals surface area contributed by atoms with Gasteiger partial charge in [0.05, 0.1) is 6.33 Å². The highest BCUT2D eigenvalue weighted by atomic mass is 32.1.